The van der Waals surface area contributed by atoms with E-state index in [1.807, 2.05) is 10.7 Å². The van der Waals surface area contributed by atoms with Crippen LogP contribution in [0, 0.1) is 0 Å². The molecule has 0 saturated heterocycles. The van der Waals surface area contributed by atoms with Gasteiger partial charge in [-0.15, -0.1) is 0 Å². The molecule has 1 aromatic heterocycles. The Hall–Kier alpha value is -4.47. The third-order valence-corrected chi connectivity index (χ3v) is 11.4. The van der Waals surface area contributed by atoms with Crippen LogP contribution in [0.5, 0.6) is 0 Å². The van der Waals surface area contributed by atoms with Gasteiger partial charge in [0.25, 0.3) is 0 Å². The summed E-state index contributed by atoms with van der Waals surface area (Å²) >= 11 is 0. The average Bonchev–Trinajstić information content (AvgIpc) is 3.46. The fourth-order valence-corrected chi connectivity index (χ4v) is 9.70. The molecule has 0 N–H and O–H groups in total. The van der Waals surface area contributed by atoms with E-state index < -0.39 is 8.07 Å². The number of aromatic nitrogens is 2. The van der Waals surface area contributed by atoms with Gasteiger partial charge in [0, 0.05) is 6.20 Å². The molecule has 0 bridgehead atoms. The minimum Gasteiger partial charge on any atom is -0.241 e. The summed E-state index contributed by atoms with van der Waals surface area (Å²) in [5, 5.41) is 10.3. The fourth-order valence-electron chi connectivity index (χ4n) is 5.13. The van der Waals surface area contributed by atoms with Gasteiger partial charge in [-0.25, -0.2) is 4.68 Å². The molecule has 0 atom stereocenters. The molecule has 6 aromatic rings. The number of para-hydroxylation sites is 1. The second kappa shape index (κ2) is 9.65. The monoisotopic (exact) mass is 478 g/mol. The third-order valence-electron chi connectivity index (χ3n) is 6.81. The van der Waals surface area contributed by atoms with Crippen LogP contribution < -0.4 is 20.9 Å². The zero-order chi connectivity index (χ0) is 24.2. The first kappa shape index (κ1) is 22.0. The molecule has 2 nitrogen and oxygen atoms in total. The SMILES string of the molecule is c1ccc(-c2cccc([Si](c3ccccc3)(c3ccccc3)c3ccn(-c4ccccc4)n3)c2)cc1. The van der Waals surface area contributed by atoms with Crippen molar-refractivity contribution in [2.24, 2.45) is 0 Å². The quantitative estimate of drug-likeness (QED) is 0.246. The molecule has 1 heterocycles. The summed E-state index contributed by atoms with van der Waals surface area (Å²) in [7, 11) is -2.71. The summed E-state index contributed by atoms with van der Waals surface area (Å²) in [6.45, 7) is 0. The van der Waals surface area contributed by atoms with Gasteiger partial charge >= 0.3 is 0 Å². The van der Waals surface area contributed by atoms with Gasteiger partial charge in [-0.2, -0.15) is 5.10 Å². The van der Waals surface area contributed by atoms with E-state index in [4.69, 9.17) is 5.10 Å². The molecule has 0 aliphatic heterocycles. The smallest absolute Gasteiger partial charge is 0.204 e. The average molecular weight is 479 g/mol. The molecular formula is C33H26N2Si. The summed E-state index contributed by atoms with van der Waals surface area (Å²) < 4.78 is 2.00. The van der Waals surface area contributed by atoms with Crippen molar-refractivity contribution in [2.45, 2.75) is 0 Å². The summed E-state index contributed by atoms with van der Waals surface area (Å²) in [5.41, 5.74) is 3.50. The van der Waals surface area contributed by atoms with E-state index in [9.17, 15) is 0 Å². The van der Waals surface area contributed by atoms with Crippen molar-refractivity contribution in [1.29, 1.82) is 0 Å². The lowest BCUT2D eigenvalue weighted by molar-refractivity contribution is 0.891. The highest BCUT2D eigenvalue weighted by atomic mass is 28.3. The molecule has 6 rings (SSSR count). The Morgan fingerprint density at radius 1 is 0.444 bits per heavy atom. The number of rotatable bonds is 6. The normalized spacial score (nSPS) is 11.3. The van der Waals surface area contributed by atoms with Crippen LogP contribution in [0.2, 0.25) is 0 Å². The number of hydrogen-bond acceptors (Lipinski definition) is 1. The maximum absolute atomic E-state index is 5.26. The lowest BCUT2D eigenvalue weighted by Gasteiger charge is -2.32. The van der Waals surface area contributed by atoms with Crippen LogP contribution in [-0.2, 0) is 0 Å². The highest BCUT2D eigenvalue weighted by Gasteiger charge is 2.43. The Labute approximate surface area is 213 Å². The first-order chi connectivity index (χ1) is 17.9. The lowest BCUT2D eigenvalue weighted by atomic mass is 10.1. The largest absolute Gasteiger partial charge is 0.241 e. The van der Waals surface area contributed by atoms with Crippen molar-refractivity contribution in [1.82, 2.24) is 9.78 Å². The van der Waals surface area contributed by atoms with Gasteiger partial charge in [0.2, 0.25) is 8.07 Å². The Morgan fingerprint density at radius 2 is 0.944 bits per heavy atom. The van der Waals surface area contributed by atoms with Crippen LogP contribution in [0.4, 0.5) is 0 Å². The Morgan fingerprint density at radius 3 is 1.56 bits per heavy atom. The zero-order valence-corrected chi connectivity index (χ0v) is 20.9. The van der Waals surface area contributed by atoms with E-state index in [1.165, 1.54) is 26.7 Å². The van der Waals surface area contributed by atoms with Crippen LogP contribution in [-0.4, -0.2) is 17.9 Å². The minimum atomic E-state index is -2.71. The van der Waals surface area contributed by atoms with Crippen LogP contribution >= 0.6 is 0 Å². The molecule has 0 amide bonds. The molecule has 0 fully saturated rings. The predicted octanol–water partition coefficient (Wildman–Crippen LogP) is 4.92. The van der Waals surface area contributed by atoms with Crippen molar-refractivity contribution >= 4 is 29.0 Å². The van der Waals surface area contributed by atoms with Crippen molar-refractivity contribution in [3.63, 3.8) is 0 Å². The summed E-state index contributed by atoms with van der Waals surface area (Å²) in [5.74, 6) is 0. The van der Waals surface area contributed by atoms with E-state index in [-0.39, 0.29) is 0 Å². The van der Waals surface area contributed by atoms with Crippen molar-refractivity contribution < 1.29 is 0 Å². The molecule has 0 unspecified atom stereocenters. The van der Waals surface area contributed by atoms with Gasteiger partial charge < -0.3 is 0 Å². The molecule has 0 spiro atoms. The van der Waals surface area contributed by atoms with E-state index >= 15 is 0 Å². The van der Waals surface area contributed by atoms with E-state index in [2.05, 4.69) is 152 Å². The molecule has 0 radical (unpaired) electrons. The Balaban J connectivity index is 1.65. The van der Waals surface area contributed by atoms with Crippen LogP contribution in [0.1, 0.15) is 0 Å². The lowest BCUT2D eigenvalue weighted by Crippen LogP contribution is -2.75. The second-order valence-corrected chi connectivity index (χ2v) is 12.7. The van der Waals surface area contributed by atoms with Crippen molar-refractivity contribution in [2.75, 3.05) is 0 Å². The van der Waals surface area contributed by atoms with Crippen LogP contribution in [0.25, 0.3) is 16.8 Å². The maximum Gasteiger partial charge on any atom is 0.204 e. The first-order valence-corrected chi connectivity index (χ1v) is 14.2. The van der Waals surface area contributed by atoms with Gasteiger partial charge in [-0.3, -0.25) is 0 Å². The van der Waals surface area contributed by atoms with E-state index in [0.29, 0.717) is 0 Å². The van der Waals surface area contributed by atoms with Gasteiger partial charge in [0.1, 0.15) is 0 Å². The standard InChI is InChI=1S/C33H26N2Si/c1-5-14-27(15-6-1)28-16-13-23-32(26-28)36(30-19-9-3-10-20-30,31-21-11-4-12-22-31)33-24-25-35(34-33)29-17-7-2-8-18-29/h1-26H. The fraction of sp³-hybridized carbons (Fsp3) is 0. The molecule has 3 heteroatoms. The number of hydrogen-bond donors (Lipinski definition) is 0. The number of benzene rings is 5. The van der Waals surface area contributed by atoms with E-state index in [1.54, 1.807) is 0 Å². The molecular weight excluding hydrogens is 452 g/mol. The highest BCUT2D eigenvalue weighted by molar-refractivity contribution is 7.19. The molecule has 36 heavy (non-hydrogen) atoms. The summed E-state index contributed by atoms with van der Waals surface area (Å²) in [6.07, 6.45) is 2.10. The molecule has 0 aliphatic rings. The topological polar surface area (TPSA) is 17.8 Å². The molecule has 0 aliphatic carbocycles. The van der Waals surface area contributed by atoms with Crippen molar-refractivity contribution in [3.05, 3.63) is 158 Å². The van der Waals surface area contributed by atoms with E-state index in [0.717, 1.165) is 11.0 Å². The second-order valence-electron chi connectivity index (χ2n) is 8.91. The van der Waals surface area contributed by atoms with Crippen LogP contribution in [0.3, 0.4) is 0 Å². The highest BCUT2D eigenvalue weighted by Crippen LogP contribution is 2.19. The Kier molecular flexibility index (Phi) is 5.90. The molecule has 5 aromatic carbocycles. The van der Waals surface area contributed by atoms with Crippen LogP contribution in [0.15, 0.2) is 158 Å². The van der Waals surface area contributed by atoms with Gasteiger partial charge in [0.05, 0.1) is 11.0 Å². The number of nitrogens with zero attached hydrogens (tertiary/aromatic N) is 2. The predicted molar refractivity (Wildman–Crippen MR) is 153 cm³/mol. The summed E-state index contributed by atoms with van der Waals surface area (Å²) in [6, 6.07) is 54.1. The molecule has 172 valence electrons. The maximum atomic E-state index is 5.26. The summed E-state index contributed by atoms with van der Waals surface area (Å²) in [4.78, 5) is 0. The van der Waals surface area contributed by atoms with Crippen molar-refractivity contribution in [3.8, 4) is 16.8 Å². The van der Waals surface area contributed by atoms with Gasteiger partial charge in [-0.05, 0) is 44.9 Å². The molecule has 0 saturated carbocycles. The minimum absolute atomic E-state index is 1.06. The van der Waals surface area contributed by atoms with Gasteiger partial charge in [-0.1, -0.05) is 133 Å². The van der Waals surface area contributed by atoms with Gasteiger partial charge in [0.15, 0.2) is 0 Å². The third kappa shape index (κ3) is 3.90. The Bertz CT molecular complexity index is 1520. The first-order valence-electron chi connectivity index (χ1n) is 12.2. The zero-order valence-electron chi connectivity index (χ0n) is 19.9.